The lowest BCUT2D eigenvalue weighted by molar-refractivity contribution is -0.142. The quantitative estimate of drug-likeness (QED) is 0.904. The van der Waals surface area contributed by atoms with E-state index in [0.717, 1.165) is 0 Å². The molecule has 0 fully saturated rings. The van der Waals surface area contributed by atoms with Gasteiger partial charge in [-0.05, 0) is 28.4 Å². The van der Waals surface area contributed by atoms with Crippen molar-refractivity contribution in [2.24, 2.45) is 0 Å². The Labute approximate surface area is 117 Å². The van der Waals surface area contributed by atoms with Gasteiger partial charge < -0.3 is 10.4 Å². The summed E-state index contributed by atoms with van der Waals surface area (Å²) < 4.78 is 0.691. The highest BCUT2D eigenvalue weighted by atomic mass is 79.9. The summed E-state index contributed by atoms with van der Waals surface area (Å²) in [5.41, 5.74) is -0.512. The van der Waals surface area contributed by atoms with E-state index in [2.05, 4.69) is 26.2 Å². The number of halogens is 1. The summed E-state index contributed by atoms with van der Waals surface area (Å²) in [5, 5.41) is 14.8. The molecule has 1 heterocycles. The summed E-state index contributed by atoms with van der Waals surface area (Å²) >= 11 is 4.60. The summed E-state index contributed by atoms with van der Waals surface area (Å²) in [5.74, 6) is -0.944. The van der Waals surface area contributed by atoms with Gasteiger partial charge in [0.2, 0.25) is 0 Å². The van der Waals surface area contributed by atoms with E-state index in [0.29, 0.717) is 15.3 Å². The van der Waals surface area contributed by atoms with Crippen LogP contribution in [0.25, 0.3) is 0 Å². The number of hydrogen-bond acceptors (Lipinski definition) is 4. The van der Waals surface area contributed by atoms with Crippen LogP contribution in [-0.2, 0) is 10.3 Å². The number of carbonyl (C=O) groups is 1. The Morgan fingerprint density at radius 1 is 1.44 bits per heavy atom. The summed E-state index contributed by atoms with van der Waals surface area (Å²) in [6.45, 7) is 1.62. The van der Waals surface area contributed by atoms with E-state index >= 15 is 0 Å². The molecular formula is C12H11BrN2O2S. The van der Waals surface area contributed by atoms with Crippen molar-refractivity contribution in [2.45, 2.75) is 12.5 Å². The second-order valence-electron chi connectivity index (χ2n) is 3.90. The Morgan fingerprint density at radius 3 is 2.61 bits per heavy atom. The minimum Gasteiger partial charge on any atom is -0.479 e. The number of hydrogen-bond donors (Lipinski definition) is 2. The van der Waals surface area contributed by atoms with Crippen molar-refractivity contribution in [1.82, 2.24) is 4.98 Å². The van der Waals surface area contributed by atoms with Crippen LogP contribution in [0.1, 0.15) is 12.5 Å². The van der Waals surface area contributed by atoms with E-state index in [1.807, 2.05) is 18.2 Å². The van der Waals surface area contributed by atoms with Gasteiger partial charge in [-0.1, -0.05) is 30.3 Å². The molecule has 0 spiro atoms. The first-order valence-corrected chi connectivity index (χ1v) is 6.88. The average molecular weight is 327 g/mol. The zero-order chi connectivity index (χ0) is 13.2. The Bertz CT molecular complexity index is 558. The monoisotopic (exact) mass is 326 g/mol. The fraction of sp³-hybridized carbons (Fsp3) is 0.167. The fourth-order valence-corrected chi connectivity index (χ4v) is 2.80. The fourth-order valence-electron chi connectivity index (χ4n) is 1.55. The number of carboxylic acids is 1. The lowest BCUT2D eigenvalue weighted by Crippen LogP contribution is -2.40. The van der Waals surface area contributed by atoms with Crippen LogP contribution >= 0.6 is 27.3 Å². The minimum atomic E-state index is -1.20. The molecule has 0 saturated carbocycles. The highest BCUT2D eigenvalue weighted by Crippen LogP contribution is 2.29. The molecule has 0 bridgehead atoms. The van der Waals surface area contributed by atoms with Crippen LogP contribution in [0.5, 0.6) is 0 Å². The van der Waals surface area contributed by atoms with Gasteiger partial charge in [-0.2, -0.15) is 0 Å². The molecule has 94 valence electrons. The maximum atomic E-state index is 11.5. The molecule has 1 unspecified atom stereocenters. The lowest BCUT2D eigenvalue weighted by atomic mass is 9.92. The SMILES string of the molecule is CC(Nc1nc(Br)cs1)(C(=O)O)c1ccccc1. The van der Waals surface area contributed by atoms with Crippen molar-refractivity contribution < 1.29 is 9.90 Å². The predicted octanol–water partition coefficient (Wildman–Crippen LogP) is 3.32. The van der Waals surface area contributed by atoms with Crippen LogP contribution < -0.4 is 5.32 Å². The lowest BCUT2D eigenvalue weighted by Gasteiger charge is -2.26. The molecule has 2 N–H and O–H groups in total. The van der Waals surface area contributed by atoms with E-state index < -0.39 is 11.5 Å². The van der Waals surface area contributed by atoms with Crippen LogP contribution in [-0.4, -0.2) is 16.1 Å². The predicted molar refractivity (Wildman–Crippen MR) is 74.9 cm³/mol. The molecule has 0 radical (unpaired) electrons. The van der Waals surface area contributed by atoms with Crippen LogP contribution in [0, 0.1) is 0 Å². The summed E-state index contributed by atoms with van der Waals surface area (Å²) in [6, 6.07) is 9.05. The number of carboxylic acid groups (broad SMARTS) is 1. The van der Waals surface area contributed by atoms with Crippen LogP contribution in [0.3, 0.4) is 0 Å². The molecule has 2 rings (SSSR count). The number of benzene rings is 1. The first kappa shape index (κ1) is 13.0. The standard InChI is InChI=1S/C12H11BrN2O2S/c1-12(10(16)17,8-5-3-2-4-6-8)15-11-14-9(13)7-18-11/h2-7H,1H3,(H,14,15)(H,16,17). The number of nitrogens with zero attached hydrogens (tertiary/aromatic N) is 1. The van der Waals surface area contributed by atoms with Crippen molar-refractivity contribution in [1.29, 1.82) is 0 Å². The third kappa shape index (κ3) is 2.54. The average Bonchev–Trinajstić information content (AvgIpc) is 2.75. The van der Waals surface area contributed by atoms with Crippen LogP contribution in [0.4, 0.5) is 5.13 Å². The van der Waals surface area contributed by atoms with Crippen molar-refractivity contribution in [3.05, 3.63) is 45.9 Å². The van der Waals surface area contributed by atoms with Gasteiger partial charge in [0.05, 0.1) is 0 Å². The van der Waals surface area contributed by atoms with Crippen LogP contribution in [0.2, 0.25) is 0 Å². The highest BCUT2D eigenvalue weighted by Gasteiger charge is 2.35. The number of aliphatic carboxylic acids is 1. The summed E-state index contributed by atoms with van der Waals surface area (Å²) in [6.07, 6.45) is 0. The number of thiazole rings is 1. The van der Waals surface area contributed by atoms with Gasteiger partial charge in [0.25, 0.3) is 0 Å². The zero-order valence-electron chi connectivity index (χ0n) is 9.55. The molecule has 0 aliphatic heterocycles. The number of aromatic nitrogens is 1. The van der Waals surface area contributed by atoms with Gasteiger partial charge >= 0.3 is 5.97 Å². The topological polar surface area (TPSA) is 62.2 Å². The van der Waals surface area contributed by atoms with E-state index in [1.165, 1.54) is 11.3 Å². The number of rotatable bonds is 4. The van der Waals surface area contributed by atoms with Crippen LogP contribution in [0.15, 0.2) is 40.3 Å². The maximum Gasteiger partial charge on any atom is 0.333 e. The van der Waals surface area contributed by atoms with Crippen molar-refractivity contribution >= 4 is 38.4 Å². The normalized spacial score (nSPS) is 13.9. The smallest absolute Gasteiger partial charge is 0.333 e. The molecule has 1 aromatic carbocycles. The second-order valence-corrected chi connectivity index (χ2v) is 5.57. The number of nitrogens with one attached hydrogen (secondary N) is 1. The molecule has 0 amide bonds. The molecule has 18 heavy (non-hydrogen) atoms. The Morgan fingerprint density at radius 2 is 2.11 bits per heavy atom. The third-order valence-corrected chi connectivity index (χ3v) is 4.08. The van der Waals surface area contributed by atoms with E-state index in [-0.39, 0.29) is 0 Å². The second kappa shape index (κ2) is 5.07. The minimum absolute atomic E-state index is 0.565. The van der Waals surface area contributed by atoms with E-state index in [4.69, 9.17) is 0 Å². The van der Waals surface area contributed by atoms with Gasteiger partial charge in [-0.3, -0.25) is 0 Å². The van der Waals surface area contributed by atoms with Crippen molar-refractivity contribution in [3.63, 3.8) is 0 Å². The maximum absolute atomic E-state index is 11.5. The van der Waals surface area contributed by atoms with E-state index in [9.17, 15) is 9.90 Å². The number of anilines is 1. The van der Waals surface area contributed by atoms with Gasteiger partial charge in [0.15, 0.2) is 10.7 Å². The third-order valence-electron chi connectivity index (χ3n) is 2.61. The zero-order valence-corrected chi connectivity index (χ0v) is 12.0. The van der Waals surface area contributed by atoms with Crippen molar-refractivity contribution in [3.8, 4) is 0 Å². The Hall–Kier alpha value is -1.40. The first-order valence-electron chi connectivity index (χ1n) is 5.20. The molecular weight excluding hydrogens is 316 g/mol. The van der Waals surface area contributed by atoms with Gasteiger partial charge in [0, 0.05) is 5.38 Å². The summed E-state index contributed by atoms with van der Waals surface area (Å²) in [4.78, 5) is 15.7. The molecule has 6 heteroatoms. The van der Waals surface area contributed by atoms with E-state index in [1.54, 1.807) is 24.4 Å². The molecule has 0 aliphatic carbocycles. The molecule has 0 saturated heterocycles. The molecule has 1 atom stereocenters. The van der Waals surface area contributed by atoms with Gasteiger partial charge in [-0.25, -0.2) is 9.78 Å². The Balaban J connectivity index is 2.36. The molecule has 4 nitrogen and oxygen atoms in total. The first-order chi connectivity index (χ1) is 8.52. The molecule has 1 aromatic heterocycles. The highest BCUT2D eigenvalue weighted by molar-refractivity contribution is 9.10. The molecule has 0 aliphatic rings. The largest absolute Gasteiger partial charge is 0.479 e. The van der Waals surface area contributed by atoms with Gasteiger partial charge in [0.1, 0.15) is 4.60 Å². The van der Waals surface area contributed by atoms with Gasteiger partial charge in [-0.15, -0.1) is 11.3 Å². The molecule has 2 aromatic rings. The Kier molecular flexibility index (Phi) is 3.68. The van der Waals surface area contributed by atoms with Crippen molar-refractivity contribution in [2.75, 3.05) is 5.32 Å². The summed E-state index contributed by atoms with van der Waals surface area (Å²) in [7, 11) is 0.